The Hall–Kier alpha value is -3.26. The number of thiazole rings is 1. The van der Waals surface area contributed by atoms with E-state index in [1.54, 1.807) is 20.2 Å². The van der Waals surface area contributed by atoms with E-state index in [4.69, 9.17) is 4.74 Å². The first-order valence-corrected chi connectivity index (χ1v) is 9.64. The van der Waals surface area contributed by atoms with Crippen molar-refractivity contribution in [3.8, 4) is 27.7 Å². The van der Waals surface area contributed by atoms with Crippen LogP contribution >= 0.6 is 11.3 Å². The highest BCUT2D eigenvalue weighted by molar-refractivity contribution is 7.13. The van der Waals surface area contributed by atoms with E-state index in [0.29, 0.717) is 11.4 Å². The summed E-state index contributed by atoms with van der Waals surface area (Å²) in [7, 11) is 1.54. The minimum Gasteiger partial charge on any atom is -0.479 e. The molecule has 1 N–H and O–H groups in total. The first kappa shape index (κ1) is 18.1. The van der Waals surface area contributed by atoms with Gasteiger partial charge in [-0.1, -0.05) is 6.07 Å². The van der Waals surface area contributed by atoms with Gasteiger partial charge in [0.15, 0.2) is 6.10 Å². The molecule has 1 aliphatic rings. The van der Waals surface area contributed by atoms with Crippen molar-refractivity contribution in [1.82, 2.24) is 15.3 Å². The summed E-state index contributed by atoms with van der Waals surface area (Å²) in [6.45, 7) is 1.62. The average molecular weight is 394 g/mol. The molecule has 0 saturated carbocycles. The molecule has 0 radical (unpaired) electrons. The van der Waals surface area contributed by atoms with Crippen molar-refractivity contribution in [3.63, 3.8) is 0 Å². The van der Waals surface area contributed by atoms with E-state index in [2.05, 4.69) is 15.3 Å². The Morgan fingerprint density at radius 2 is 2.14 bits per heavy atom. The molecule has 0 spiro atoms. The fraction of sp³-hybridized carbons (Fsp3) is 0.200. The van der Waals surface area contributed by atoms with E-state index in [0.717, 1.165) is 22.0 Å². The third-order valence-electron chi connectivity index (χ3n) is 4.43. The number of pyridine rings is 1. The zero-order chi connectivity index (χ0) is 19.7. The van der Waals surface area contributed by atoms with Gasteiger partial charge < -0.3 is 10.1 Å². The summed E-state index contributed by atoms with van der Waals surface area (Å²) in [5.41, 5.74) is 2.99. The van der Waals surface area contributed by atoms with Crippen LogP contribution in [0.4, 0.5) is 5.69 Å². The molecule has 8 heteroatoms. The molecule has 142 valence electrons. The zero-order valence-electron chi connectivity index (χ0n) is 15.4. The lowest BCUT2D eigenvalue weighted by atomic mass is 10.1. The quantitative estimate of drug-likeness (QED) is 0.736. The molecule has 3 heterocycles. The lowest BCUT2D eigenvalue weighted by Crippen LogP contribution is -2.48. The number of hydrogen-bond acceptors (Lipinski definition) is 6. The average Bonchev–Trinajstić information content (AvgIpc) is 3.22. The third-order valence-corrected chi connectivity index (χ3v) is 5.30. The van der Waals surface area contributed by atoms with Crippen molar-refractivity contribution >= 4 is 28.8 Å². The maximum atomic E-state index is 12.6. The molecule has 1 unspecified atom stereocenters. The van der Waals surface area contributed by atoms with Crippen LogP contribution < -0.4 is 15.0 Å². The van der Waals surface area contributed by atoms with Gasteiger partial charge in [-0.2, -0.15) is 0 Å². The van der Waals surface area contributed by atoms with Gasteiger partial charge in [-0.05, 0) is 37.3 Å². The standard InChI is InChI=1S/C20H18N4O3S/c1-12-20(26)24(10-18(25)21-2)16-9-13(6-7-17(16)27-12)15-11-28-19(23-15)14-5-3-4-8-22-14/h3-9,11-12H,10H2,1-2H3,(H,21,25). The van der Waals surface area contributed by atoms with Crippen molar-refractivity contribution in [2.75, 3.05) is 18.5 Å². The Labute approximate surface area is 166 Å². The summed E-state index contributed by atoms with van der Waals surface area (Å²) < 4.78 is 5.70. The van der Waals surface area contributed by atoms with Crippen LogP contribution in [0.25, 0.3) is 22.0 Å². The predicted molar refractivity (Wildman–Crippen MR) is 107 cm³/mol. The summed E-state index contributed by atoms with van der Waals surface area (Å²) in [5.74, 6) is 0.0746. The fourth-order valence-electron chi connectivity index (χ4n) is 2.97. The second-order valence-corrected chi connectivity index (χ2v) is 7.15. The topological polar surface area (TPSA) is 84.4 Å². The molecule has 2 aromatic heterocycles. The molecule has 0 bridgehead atoms. The van der Waals surface area contributed by atoms with Crippen LogP contribution in [-0.2, 0) is 9.59 Å². The molecule has 1 atom stereocenters. The van der Waals surface area contributed by atoms with Crippen LogP contribution in [0, 0.1) is 0 Å². The molecule has 0 saturated heterocycles. The molecular formula is C20H18N4O3S. The number of hydrogen-bond donors (Lipinski definition) is 1. The molecule has 3 aromatic rings. The second kappa shape index (κ2) is 7.40. The number of amides is 2. The molecule has 0 fully saturated rings. The van der Waals surface area contributed by atoms with Crippen molar-refractivity contribution in [2.45, 2.75) is 13.0 Å². The van der Waals surface area contributed by atoms with Crippen LogP contribution in [0.5, 0.6) is 5.75 Å². The third kappa shape index (κ3) is 3.34. The van der Waals surface area contributed by atoms with Crippen LogP contribution in [0.2, 0.25) is 0 Å². The summed E-state index contributed by atoms with van der Waals surface area (Å²) in [6.07, 6.45) is 1.09. The lowest BCUT2D eigenvalue weighted by Gasteiger charge is -2.32. The molecule has 28 heavy (non-hydrogen) atoms. The van der Waals surface area contributed by atoms with Gasteiger partial charge in [0.1, 0.15) is 17.3 Å². The van der Waals surface area contributed by atoms with E-state index in [1.807, 2.05) is 41.8 Å². The minimum absolute atomic E-state index is 0.0598. The number of carbonyl (C=O) groups excluding carboxylic acids is 2. The number of rotatable bonds is 4. The van der Waals surface area contributed by atoms with Crippen molar-refractivity contribution in [2.24, 2.45) is 0 Å². The van der Waals surface area contributed by atoms with Crippen molar-refractivity contribution in [3.05, 3.63) is 48.0 Å². The fourth-order valence-corrected chi connectivity index (χ4v) is 3.77. The molecule has 1 aromatic carbocycles. The van der Waals surface area contributed by atoms with E-state index in [-0.39, 0.29) is 18.4 Å². The van der Waals surface area contributed by atoms with Gasteiger partial charge in [-0.15, -0.1) is 11.3 Å². The number of carbonyl (C=O) groups is 2. The van der Waals surface area contributed by atoms with E-state index >= 15 is 0 Å². The Balaban J connectivity index is 1.71. The van der Waals surface area contributed by atoms with Crippen molar-refractivity contribution in [1.29, 1.82) is 0 Å². The van der Waals surface area contributed by atoms with Crippen LogP contribution in [-0.4, -0.2) is 41.5 Å². The molecule has 0 aliphatic carbocycles. The predicted octanol–water partition coefficient (Wildman–Crippen LogP) is 2.73. The molecule has 4 rings (SSSR count). The maximum absolute atomic E-state index is 12.6. The summed E-state index contributed by atoms with van der Waals surface area (Å²) in [5, 5.41) is 5.32. The SMILES string of the molecule is CNC(=O)CN1C(=O)C(C)Oc2ccc(-c3csc(-c4ccccn4)n3)cc21. The summed E-state index contributed by atoms with van der Waals surface area (Å²) >= 11 is 1.50. The Morgan fingerprint density at radius 1 is 1.29 bits per heavy atom. The van der Waals surface area contributed by atoms with Gasteiger partial charge in [0.05, 0.1) is 17.1 Å². The van der Waals surface area contributed by atoms with Crippen LogP contribution in [0.15, 0.2) is 48.0 Å². The van der Waals surface area contributed by atoms with Gasteiger partial charge >= 0.3 is 0 Å². The Bertz CT molecular complexity index is 1030. The second-order valence-electron chi connectivity index (χ2n) is 6.29. The van der Waals surface area contributed by atoms with Crippen LogP contribution in [0.1, 0.15) is 6.92 Å². The smallest absolute Gasteiger partial charge is 0.268 e. The monoisotopic (exact) mass is 394 g/mol. The number of anilines is 1. The van der Waals surface area contributed by atoms with Gasteiger partial charge in [0.2, 0.25) is 5.91 Å². The van der Waals surface area contributed by atoms with Crippen molar-refractivity contribution < 1.29 is 14.3 Å². The number of ether oxygens (including phenoxy) is 1. The first-order valence-electron chi connectivity index (χ1n) is 8.77. The van der Waals surface area contributed by atoms with E-state index in [9.17, 15) is 9.59 Å². The number of likely N-dealkylation sites (N-methyl/N-ethyl adjacent to an activating group) is 1. The highest BCUT2D eigenvalue weighted by Crippen LogP contribution is 2.38. The lowest BCUT2D eigenvalue weighted by molar-refractivity contribution is -0.128. The number of nitrogens with zero attached hydrogens (tertiary/aromatic N) is 3. The van der Waals surface area contributed by atoms with Gasteiger partial charge in [-0.3, -0.25) is 19.5 Å². The van der Waals surface area contributed by atoms with Gasteiger partial charge in [0.25, 0.3) is 5.91 Å². The number of aromatic nitrogens is 2. The summed E-state index contributed by atoms with van der Waals surface area (Å²) in [6, 6.07) is 11.2. The van der Waals surface area contributed by atoms with Crippen LogP contribution in [0.3, 0.4) is 0 Å². The molecular weight excluding hydrogens is 376 g/mol. The van der Waals surface area contributed by atoms with E-state index < -0.39 is 6.10 Å². The van der Waals surface area contributed by atoms with Gasteiger partial charge in [0, 0.05) is 24.2 Å². The molecule has 1 aliphatic heterocycles. The number of benzene rings is 1. The highest BCUT2D eigenvalue weighted by atomic mass is 32.1. The van der Waals surface area contributed by atoms with Gasteiger partial charge in [-0.25, -0.2) is 4.98 Å². The Morgan fingerprint density at radius 3 is 2.89 bits per heavy atom. The zero-order valence-corrected chi connectivity index (χ0v) is 16.2. The molecule has 7 nitrogen and oxygen atoms in total. The summed E-state index contributed by atoms with van der Waals surface area (Å²) in [4.78, 5) is 34.9. The first-order chi connectivity index (χ1) is 13.6. The normalized spacial score (nSPS) is 15.7. The minimum atomic E-state index is -0.641. The van der Waals surface area contributed by atoms with E-state index in [1.165, 1.54) is 16.2 Å². The Kier molecular flexibility index (Phi) is 4.79. The highest BCUT2D eigenvalue weighted by Gasteiger charge is 2.33. The maximum Gasteiger partial charge on any atom is 0.268 e. The largest absolute Gasteiger partial charge is 0.479 e. The number of nitrogens with one attached hydrogen (secondary N) is 1. The molecule has 2 amide bonds. The number of fused-ring (bicyclic) bond motifs is 1.